The molecule has 0 spiro atoms. The molecule has 2 rings (SSSR count). The number of esters is 1. The topological polar surface area (TPSA) is 56.8 Å². The zero-order chi connectivity index (χ0) is 14.5. The van der Waals surface area contributed by atoms with Crippen molar-refractivity contribution in [2.75, 3.05) is 34.4 Å². The van der Waals surface area contributed by atoms with E-state index in [1.807, 2.05) is 18.2 Å². The first kappa shape index (κ1) is 14.7. The lowest BCUT2D eigenvalue weighted by Crippen LogP contribution is -2.39. The average molecular weight is 279 g/mol. The molecule has 0 aliphatic carbocycles. The summed E-state index contributed by atoms with van der Waals surface area (Å²) in [6.07, 6.45) is 0.775. The quantitative estimate of drug-likeness (QED) is 0.848. The Balaban J connectivity index is 2.33. The van der Waals surface area contributed by atoms with E-state index >= 15 is 0 Å². The number of piperidine rings is 1. The Hall–Kier alpha value is -1.75. The van der Waals surface area contributed by atoms with Gasteiger partial charge >= 0.3 is 5.97 Å². The van der Waals surface area contributed by atoms with Crippen molar-refractivity contribution < 1.29 is 19.0 Å². The second kappa shape index (κ2) is 6.61. The van der Waals surface area contributed by atoms with Gasteiger partial charge in [0.1, 0.15) is 11.5 Å². The minimum Gasteiger partial charge on any atom is -0.497 e. The van der Waals surface area contributed by atoms with Crippen LogP contribution in [0.3, 0.4) is 0 Å². The Kier molecular flexibility index (Phi) is 4.84. The van der Waals surface area contributed by atoms with Crippen LogP contribution in [0.1, 0.15) is 17.9 Å². The van der Waals surface area contributed by atoms with Crippen molar-refractivity contribution in [1.82, 2.24) is 5.32 Å². The number of carbonyl (C=O) groups excluding carboxylic acids is 1. The summed E-state index contributed by atoms with van der Waals surface area (Å²) < 4.78 is 15.5. The third kappa shape index (κ3) is 3.04. The van der Waals surface area contributed by atoms with Crippen molar-refractivity contribution in [2.24, 2.45) is 5.92 Å². The number of ether oxygens (including phenoxy) is 3. The first-order chi connectivity index (χ1) is 9.69. The van der Waals surface area contributed by atoms with Gasteiger partial charge in [-0.2, -0.15) is 0 Å². The highest BCUT2D eigenvalue weighted by Crippen LogP contribution is 2.34. The molecule has 1 aromatic carbocycles. The van der Waals surface area contributed by atoms with Crippen LogP contribution >= 0.6 is 0 Å². The van der Waals surface area contributed by atoms with Crippen LogP contribution in [0.25, 0.3) is 0 Å². The summed E-state index contributed by atoms with van der Waals surface area (Å²) in [6.45, 7) is 1.58. The van der Waals surface area contributed by atoms with Crippen LogP contribution in [-0.4, -0.2) is 40.4 Å². The van der Waals surface area contributed by atoms with Crippen molar-refractivity contribution in [3.05, 3.63) is 23.8 Å². The Morgan fingerprint density at radius 2 is 1.80 bits per heavy atom. The molecule has 1 saturated heterocycles. The number of hydrogen-bond acceptors (Lipinski definition) is 5. The van der Waals surface area contributed by atoms with E-state index in [0.29, 0.717) is 0 Å². The number of methoxy groups -OCH3 is 3. The van der Waals surface area contributed by atoms with Crippen molar-refractivity contribution in [3.63, 3.8) is 0 Å². The molecule has 1 aliphatic heterocycles. The molecule has 1 fully saturated rings. The van der Waals surface area contributed by atoms with E-state index in [2.05, 4.69) is 5.32 Å². The normalized spacial score (nSPS) is 22.1. The second-order valence-electron chi connectivity index (χ2n) is 4.87. The number of benzene rings is 1. The highest BCUT2D eigenvalue weighted by Gasteiger charge is 2.33. The maximum Gasteiger partial charge on any atom is 0.309 e. The predicted octanol–water partition coefficient (Wildman–Crippen LogP) is 1.57. The molecule has 5 nitrogen and oxygen atoms in total. The summed E-state index contributed by atoms with van der Waals surface area (Å²) >= 11 is 0. The third-order valence-electron chi connectivity index (χ3n) is 3.79. The van der Waals surface area contributed by atoms with Gasteiger partial charge in [0.15, 0.2) is 0 Å². The van der Waals surface area contributed by atoms with E-state index in [4.69, 9.17) is 14.2 Å². The summed E-state index contributed by atoms with van der Waals surface area (Å²) in [4.78, 5) is 11.9. The highest BCUT2D eigenvalue weighted by molar-refractivity contribution is 5.74. The van der Waals surface area contributed by atoms with Gasteiger partial charge in [-0.25, -0.2) is 0 Å². The van der Waals surface area contributed by atoms with E-state index in [0.717, 1.165) is 36.6 Å². The van der Waals surface area contributed by atoms with Gasteiger partial charge in [-0.05, 0) is 30.7 Å². The van der Waals surface area contributed by atoms with Crippen LogP contribution in [0.4, 0.5) is 0 Å². The maximum absolute atomic E-state index is 11.9. The molecule has 0 aromatic heterocycles. The second-order valence-corrected chi connectivity index (χ2v) is 4.87. The van der Waals surface area contributed by atoms with Crippen LogP contribution < -0.4 is 14.8 Å². The van der Waals surface area contributed by atoms with Crippen LogP contribution in [-0.2, 0) is 9.53 Å². The first-order valence-electron chi connectivity index (χ1n) is 6.71. The largest absolute Gasteiger partial charge is 0.497 e. The molecule has 110 valence electrons. The molecule has 20 heavy (non-hydrogen) atoms. The molecule has 1 heterocycles. The van der Waals surface area contributed by atoms with E-state index in [1.54, 1.807) is 14.2 Å². The standard InChI is InChI=1S/C15H21NO4/c1-18-11-6-10(7-12(8-11)19-2)14-9-16-5-4-13(14)15(17)20-3/h6-8,13-14,16H,4-5,9H2,1-3H3/t13-,14-/m0/s1. The zero-order valence-corrected chi connectivity index (χ0v) is 12.1. The first-order valence-corrected chi connectivity index (χ1v) is 6.71. The van der Waals surface area contributed by atoms with Crippen LogP contribution in [0, 0.1) is 5.92 Å². The summed E-state index contributed by atoms with van der Waals surface area (Å²) in [5.41, 5.74) is 1.03. The maximum atomic E-state index is 11.9. The van der Waals surface area contributed by atoms with Crippen LogP contribution in [0.2, 0.25) is 0 Å². The minimum absolute atomic E-state index is 0.0696. The Morgan fingerprint density at radius 1 is 1.15 bits per heavy atom. The number of rotatable bonds is 4. The minimum atomic E-state index is -0.154. The van der Waals surface area contributed by atoms with Gasteiger partial charge in [0.2, 0.25) is 0 Å². The summed E-state index contributed by atoms with van der Waals surface area (Å²) in [6, 6.07) is 5.74. The van der Waals surface area contributed by atoms with Gasteiger partial charge in [-0.3, -0.25) is 4.79 Å². The molecule has 0 unspecified atom stereocenters. The van der Waals surface area contributed by atoms with Crippen molar-refractivity contribution in [2.45, 2.75) is 12.3 Å². The SMILES string of the molecule is COC(=O)[C@H]1CCNC[C@H]1c1cc(OC)cc(OC)c1. The van der Waals surface area contributed by atoms with E-state index in [9.17, 15) is 4.79 Å². The highest BCUT2D eigenvalue weighted by atomic mass is 16.5. The molecule has 2 atom stereocenters. The molecule has 5 heteroatoms. The Labute approximate surface area is 119 Å². The monoisotopic (exact) mass is 279 g/mol. The fraction of sp³-hybridized carbons (Fsp3) is 0.533. The van der Waals surface area contributed by atoms with Gasteiger partial charge in [-0.15, -0.1) is 0 Å². The van der Waals surface area contributed by atoms with E-state index in [-0.39, 0.29) is 17.8 Å². The Bertz CT molecular complexity index is 453. The molecular weight excluding hydrogens is 258 g/mol. The molecule has 0 bridgehead atoms. The molecule has 1 N–H and O–H groups in total. The van der Waals surface area contributed by atoms with Gasteiger partial charge in [0, 0.05) is 18.5 Å². The van der Waals surface area contributed by atoms with Gasteiger partial charge in [0.05, 0.1) is 27.2 Å². The van der Waals surface area contributed by atoms with Gasteiger partial charge < -0.3 is 19.5 Å². The lowest BCUT2D eigenvalue weighted by molar-refractivity contribution is -0.147. The summed E-state index contributed by atoms with van der Waals surface area (Å²) in [5.74, 6) is 1.25. The summed E-state index contributed by atoms with van der Waals surface area (Å²) in [7, 11) is 4.68. The molecule has 1 aliphatic rings. The third-order valence-corrected chi connectivity index (χ3v) is 3.79. The smallest absolute Gasteiger partial charge is 0.309 e. The molecule has 0 saturated carbocycles. The molecule has 1 aromatic rings. The number of hydrogen-bond donors (Lipinski definition) is 1. The summed E-state index contributed by atoms with van der Waals surface area (Å²) in [5, 5.41) is 3.33. The average Bonchev–Trinajstić information content (AvgIpc) is 2.53. The lowest BCUT2D eigenvalue weighted by Gasteiger charge is -2.31. The van der Waals surface area contributed by atoms with Gasteiger partial charge in [-0.1, -0.05) is 0 Å². The van der Waals surface area contributed by atoms with E-state index < -0.39 is 0 Å². The number of carbonyl (C=O) groups is 1. The van der Waals surface area contributed by atoms with Crippen molar-refractivity contribution >= 4 is 5.97 Å². The number of nitrogens with one attached hydrogen (secondary N) is 1. The van der Waals surface area contributed by atoms with Crippen molar-refractivity contribution in [1.29, 1.82) is 0 Å². The van der Waals surface area contributed by atoms with Crippen molar-refractivity contribution in [3.8, 4) is 11.5 Å². The molecule has 0 radical (unpaired) electrons. The van der Waals surface area contributed by atoms with Crippen LogP contribution in [0.5, 0.6) is 11.5 Å². The predicted molar refractivity (Wildman–Crippen MR) is 75.3 cm³/mol. The fourth-order valence-corrected chi connectivity index (χ4v) is 2.69. The van der Waals surface area contributed by atoms with Gasteiger partial charge in [0.25, 0.3) is 0 Å². The van der Waals surface area contributed by atoms with E-state index in [1.165, 1.54) is 7.11 Å². The lowest BCUT2D eigenvalue weighted by atomic mass is 9.81. The zero-order valence-electron chi connectivity index (χ0n) is 12.1. The molecule has 0 amide bonds. The molecular formula is C15H21NO4. The Morgan fingerprint density at radius 3 is 2.35 bits per heavy atom. The van der Waals surface area contributed by atoms with Crippen LogP contribution in [0.15, 0.2) is 18.2 Å². The fourth-order valence-electron chi connectivity index (χ4n) is 2.69.